The molecule has 10 heteroatoms. The minimum absolute atomic E-state index is 0.0351. The fraction of sp³-hybridized carbons (Fsp3) is 0.448. The Morgan fingerprint density at radius 2 is 1.74 bits per heavy atom. The Morgan fingerprint density at radius 3 is 2.31 bits per heavy atom. The molecule has 0 radical (unpaired) electrons. The molecule has 2 bridgehead atoms. The molecule has 1 saturated carbocycles. The number of amides is 3. The molecule has 8 nitrogen and oxygen atoms in total. The van der Waals surface area contributed by atoms with Crippen molar-refractivity contribution < 1.29 is 28.3 Å². The Labute approximate surface area is 224 Å². The van der Waals surface area contributed by atoms with Gasteiger partial charge in [-0.05, 0) is 36.8 Å². The maximum absolute atomic E-state index is 15.2. The maximum atomic E-state index is 15.2. The zero-order chi connectivity index (χ0) is 27.5. The van der Waals surface area contributed by atoms with E-state index in [9.17, 15) is 24.8 Å². The number of benzene rings is 2. The third kappa shape index (κ3) is 3.82. The van der Waals surface area contributed by atoms with Crippen molar-refractivity contribution in [2.24, 2.45) is 11.8 Å². The van der Waals surface area contributed by atoms with Gasteiger partial charge in [0.15, 0.2) is 5.60 Å². The van der Waals surface area contributed by atoms with E-state index < -0.39 is 59.7 Å². The molecule has 2 aliphatic carbocycles. The van der Waals surface area contributed by atoms with E-state index in [1.807, 2.05) is 6.07 Å². The molecule has 39 heavy (non-hydrogen) atoms. The van der Waals surface area contributed by atoms with E-state index >= 15 is 8.78 Å². The van der Waals surface area contributed by atoms with Crippen LogP contribution in [0.3, 0.4) is 0 Å². The van der Waals surface area contributed by atoms with Crippen molar-refractivity contribution in [1.29, 1.82) is 5.26 Å². The van der Waals surface area contributed by atoms with E-state index in [0.717, 1.165) is 4.90 Å². The monoisotopic (exact) mass is 534 g/mol. The molecule has 0 unspecified atom stereocenters. The SMILES string of the molecule is N#C[C@H](C[C@@H]1CCNC1=O)NC(=O)[C@@H]1[C@@H]2CC[C@@H](CC2(F)F)N1C(=O)C1(O)c2ccccc2-c2ccccc21. The predicted octanol–water partition coefficient (Wildman–Crippen LogP) is 2.45. The summed E-state index contributed by atoms with van der Waals surface area (Å²) in [5.41, 5.74) is -0.153. The lowest BCUT2D eigenvalue weighted by molar-refractivity contribution is -0.201. The van der Waals surface area contributed by atoms with Gasteiger partial charge in [-0.3, -0.25) is 14.4 Å². The summed E-state index contributed by atoms with van der Waals surface area (Å²) in [6, 6.07) is 12.2. The van der Waals surface area contributed by atoms with Crippen molar-refractivity contribution in [2.75, 3.05) is 6.54 Å². The van der Waals surface area contributed by atoms with Crippen LogP contribution >= 0.6 is 0 Å². The summed E-state index contributed by atoms with van der Waals surface area (Å²) in [5.74, 6) is -7.03. The van der Waals surface area contributed by atoms with Gasteiger partial charge in [0.05, 0.1) is 12.0 Å². The number of fused-ring (bicyclic) bond motifs is 6. The Morgan fingerprint density at radius 1 is 1.10 bits per heavy atom. The molecule has 3 heterocycles. The molecule has 5 atom stereocenters. The zero-order valence-electron chi connectivity index (χ0n) is 21.1. The molecule has 3 saturated heterocycles. The third-order valence-corrected chi connectivity index (χ3v) is 8.83. The fourth-order valence-electron chi connectivity index (χ4n) is 6.98. The van der Waals surface area contributed by atoms with Crippen molar-refractivity contribution in [2.45, 2.75) is 61.8 Å². The molecule has 3 amide bonds. The second-order valence-corrected chi connectivity index (χ2v) is 11.0. The van der Waals surface area contributed by atoms with Gasteiger partial charge in [-0.1, -0.05) is 48.5 Å². The number of halogens is 2. The molecule has 7 rings (SSSR count). The van der Waals surface area contributed by atoms with Crippen LogP contribution in [0, 0.1) is 23.2 Å². The number of hydrogen-bond acceptors (Lipinski definition) is 5. The molecular formula is C29H28F2N4O4. The summed E-state index contributed by atoms with van der Waals surface area (Å²) >= 11 is 0. The zero-order valence-corrected chi connectivity index (χ0v) is 21.1. The highest BCUT2D eigenvalue weighted by Gasteiger charge is 2.63. The molecule has 0 spiro atoms. The smallest absolute Gasteiger partial charge is 0.264 e. The largest absolute Gasteiger partial charge is 0.372 e. The van der Waals surface area contributed by atoms with Crippen LogP contribution in [-0.2, 0) is 20.0 Å². The van der Waals surface area contributed by atoms with Crippen LogP contribution in [0.4, 0.5) is 8.78 Å². The summed E-state index contributed by atoms with van der Waals surface area (Å²) < 4.78 is 30.4. The highest BCUT2D eigenvalue weighted by atomic mass is 19.3. The Bertz CT molecular complexity index is 1360. The van der Waals surface area contributed by atoms with Crippen LogP contribution in [0.5, 0.6) is 0 Å². The number of carbonyl (C=O) groups excluding carboxylic acids is 3. The number of nitrogens with zero attached hydrogens (tertiary/aromatic N) is 2. The van der Waals surface area contributed by atoms with Gasteiger partial charge in [-0.2, -0.15) is 5.26 Å². The summed E-state index contributed by atoms with van der Waals surface area (Å²) in [4.78, 5) is 41.2. The molecule has 202 valence electrons. The van der Waals surface area contributed by atoms with Gasteiger partial charge in [0.25, 0.3) is 11.8 Å². The van der Waals surface area contributed by atoms with Gasteiger partial charge in [0.2, 0.25) is 11.8 Å². The van der Waals surface area contributed by atoms with Gasteiger partial charge in [0.1, 0.15) is 12.1 Å². The standard InChI is InChI=1S/C29H28F2N4O4/c30-28(31)14-18-9-10-23(28)24(26(37)34-17(15-32)13-16-11-12-33-25(16)36)35(18)27(38)29(39)21-7-3-1-5-19(21)20-6-2-4-8-22(20)29/h1-8,16-18,23-24,39H,9-14H2,(H,33,36)(H,34,37)/t16-,17-,18-,23-,24-/m0/s1. The second kappa shape index (κ2) is 9.12. The Kier molecular flexibility index (Phi) is 5.95. The number of carbonyl (C=O) groups is 3. The van der Waals surface area contributed by atoms with Crippen molar-refractivity contribution in [3.05, 3.63) is 59.7 Å². The minimum Gasteiger partial charge on any atom is -0.372 e. The number of hydrogen-bond donors (Lipinski definition) is 3. The number of nitriles is 1. The van der Waals surface area contributed by atoms with Crippen LogP contribution in [0.2, 0.25) is 0 Å². The van der Waals surface area contributed by atoms with Gasteiger partial charge < -0.3 is 20.6 Å². The molecule has 2 aromatic carbocycles. The third-order valence-electron chi connectivity index (χ3n) is 8.83. The predicted molar refractivity (Wildman–Crippen MR) is 135 cm³/mol. The quantitative estimate of drug-likeness (QED) is 0.544. The molecular weight excluding hydrogens is 506 g/mol. The number of piperidine rings is 2. The van der Waals surface area contributed by atoms with Crippen LogP contribution in [0.15, 0.2) is 48.5 Å². The van der Waals surface area contributed by atoms with Crippen molar-refractivity contribution >= 4 is 17.7 Å². The lowest BCUT2D eigenvalue weighted by Crippen LogP contribution is -2.70. The van der Waals surface area contributed by atoms with Crippen molar-refractivity contribution in [3.8, 4) is 17.2 Å². The van der Waals surface area contributed by atoms with Crippen molar-refractivity contribution in [3.63, 3.8) is 0 Å². The van der Waals surface area contributed by atoms with E-state index in [4.69, 9.17) is 0 Å². The summed E-state index contributed by atoms with van der Waals surface area (Å²) in [5, 5.41) is 27.0. The number of nitrogens with one attached hydrogen (secondary N) is 2. The highest BCUT2D eigenvalue weighted by Crippen LogP contribution is 2.53. The van der Waals surface area contributed by atoms with Gasteiger partial charge in [-0.25, -0.2) is 8.78 Å². The van der Waals surface area contributed by atoms with E-state index in [-0.39, 0.29) is 25.2 Å². The van der Waals surface area contributed by atoms with Crippen LogP contribution in [-0.4, -0.2) is 58.3 Å². The average molecular weight is 535 g/mol. The van der Waals surface area contributed by atoms with E-state index in [1.165, 1.54) is 0 Å². The van der Waals surface area contributed by atoms with Gasteiger partial charge >= 0.3 is 0 Å². The Balaban J connectivity index is 1.36. The van der Waals surface area contributed by atoms with Crippen LogP contribution < -0.4 is 10.6 Å². The fourth-order valence-corrected chi connectivity index (χ4v) is 6.98. The number of aliphatic hydroxyl groups is 1. The lowest BCUT2D eigenvalue weighted by Gasteiger charge is -2.54. The second-order valence-electron chi connectivity index (χ2n) is 11.0. The maximum Gasteiger partial charge on any atom is 0.264 e. The summed E-state index contributed by atoms with van der Waals surface area (Å²) in [7, 11) is 0. The highest BCUT2D eigenvalue weighted by molar-refractivity contribution is 6.01. The number of alkyl halides is 2. The lowest BCUT2D eigenvalue weighted by atomic mass is 9.70. The average Bonchev–Trinajstić information content (AvgIpc) is 3.46. The van der Waals surface area contributed by atoms with E-state index in [2.05, 4.69) is 10.6 Å². The topological polar surface area (TPSA) is 123 Å². The first-order chi connectivity index (χ1) is 18.7. The summed E-state index contributed by atoms with van der Waals surface area (Å²) in [6.45, 7) is 0.470. The van der Waals surface area contributed by atoms with Crippen molar-refractivity contribution in [1.82, 2.24) is 15.5 Å². The van der Waals surface area contributed by atoms with Gasteiger partial charge in [0, 0.05) is 36.1 Å². The minimum atomic E-state index is -3.19. The first-order valence-corrected chi connectivity index (χ1v) is 13.3. The summed E-state index contributed by atoms with van der Waals surface area (Å²) in [6.07, 6.45) is 0.266. The first-order valence-electron chi connectivity index (χ1n) is 13.3. The normalized spacial score (nSPS) is 28.2. The molecule has 5 aliphatic rings. The molecule has 4 fully saturated rings. The Hall–Kier alpha value is -3.84. The van der Waals surface area contributed by atoms with E-state index in [1.54, 1.807) is 48.5 Å². The van der Waals surface area contributed by atoms with Crippen LogP contribution in [0.25, 0.3) is 11.1 Å². The van der Waals surface area contributed by atoms with Crippen LogP contribution in [0.1, 0.15) is 43.2 Å². The van der Waals surface area contributed by atoms with Gasteiger partial charge in [-0.15, -0.1) is 0 Å². The first kappa shape index (κ1) is 25.4. The molecule has 3 aliphatic heterocycles. The molecule has 2 aromatic rings. The van der Waals surface area contributed by atoms with E-state index in [0.29, 0.717) is 35.2 Å². The molecule has 3 N–H and O–H groups in total. The number of rotatable bonds is 5. The molecule has 0 aromatic heterocycles.